The quantitative estimate of drug-likeness (QED) is 0.726. The van der Waals surface area contributed by atoms with Crippen LogP contribution in [0.15, 0.2) is 0 Å². The molecule has 2 rings (SSSR count). The van der Waals surface area contributed by atoms with Gasteiger partial charge in [-0.1, -0.05) is 0 Å². The summed E-state index contributed by atoms with van der Waals surface area (Å²) in [5.74, 6) is 0.715. The van der Waals surface area contributed by atoms with Crippen LogP contribution in [0.3, 0.4) is 0 Å². The molecule has 1 atom stereocenters. The van der Waals surface area contributed by atoms with E-state index in [-0.39, 0.29) is 6.03 Å². The Morgan fingerprint density at radius 3 is 2.56 bits per heavy atom. The first-order valence-corrected chi connectivity index (χ1v) is 6.39. The van der Waals surface area contributed by atoms with Crippen molar-refractivity contribution < 1.29 is 4.79 Å². The summed E-state index contributed by atoms with van der Waals surface area (Å²) < 4.78 is 0. The minimum Gasteiger partial charge on any atom is -0.331 e. The van der Waals surface area contributed by atoms with Gasteiger partial charge in [0.05, 0.1) is 0 Å². The van der Waals surface area contributed by atoms with Gasteiger partial charge in [-0.3, -0.25) is 0 Å². The summed E-state index contributed by atoms with van der Waals surface area (Å²) in [7, 11) is 3.69. The van der Waals surface area contributed by atoms with Crippen LogP contribution in [0.4, 0.5) is 4.79 Å². The number of likely N-dealkylation sites (tertiary alicyclic amines) is 1. The van der Waals surface area contributed by atoms with E-state index in [1.54, 1.807) is 4.90 Å². The number of nitrogens with zero attached hydrogens (tertiary/aromatic N) is 2. The van der Waals surface area contributed by atoms with Crippen molar-refractivity contribution in [2.75, 3.05) is 33.7 Å². The molecule has 4 nitrogen and oxygen atoms in total. The predicted octanol–water partition coefficient (Wildman–Crippen LogP) is 1.13. The van der Waals surface area contributed by atoms with Crippen molar-refractivity contribution in [1.82, 2.24) is 15.1 Å². The molecule has 2 aliphatic heterocycles. The van der Waals surface area contributed by atoms with E-state index in [1.807, 2.05) is 14.1 Å². The van der Waals surface area contributed by atoms with Gasteiger partial charge in [-0.25, -0.2) is 4.79 Å². The number of urea groups is 1. The molecule has 2 fully saturated rings. The van der Waals surface area contributed by atoms with Crippen LogP contribution >= 0.6 is 0 Å². The monoisotopic (exact) mass is 225 g/mol. The van der Waals surface area contributed by atoms with Crippen molar-refractivity contribution in [3.05, 3.63) is 0 Å². The first kappa shape index (κ1) is 11.7. The minimum absolute atomic E-state index is 0.195. The molecule has 0 spiro atoms. The van der Waals surface area contributed by atoms with E-state index in [0.29, 0.717) is 12.0 Å². The van der Waals surface area contributed by atoms with Gasteiger partial charge in [-0.05, 0) is 44.7 Å². The van der Waals surface area contributed by atoms with Gasteiger partial charge in [0.25, 0.3) is 0 Å². The molecule has 0 radical (unpaired) electrons. The molecule has 0 aromatic carbocycles. The first-order valence-electron chi connectivity index (χ1n) is 6.39. The lowest BCUT2D eigenvalue weighted by molar-refractivity contribution is 0.138. The van der Waals surface area contributed by atoms with Gasteiger partial charge < -0.3 is 15.1 Å². The fourth-order valence-corrected chi connectivity index (χ4v) is 3.01. The predicted molar refractivity (Wildman–Crippen MR) is 64.4 cm³/mol. The number of carbonyl (C=O) groups excluding carboxylic acids is 1. The highest BCUT2D eigenvalue weighted by Crippen LogP contribution is 2.29. The number of hydrogen-bond acceptors (Lipinski definition) is 2. The molecule has 2 aliphatic rings. The van der Waals surface area contributed by atoms with E-state index in [4.69, 9.17) is 0 Å². The summed E-state index contributed by atoms with van der Waals surface area (Å²) in [5.41, 5.74) is 0. The van der Waals surface area contributed by atoms with E-state index in [2.05, 4.69) is 10.2 Å². The molecule has 0 aromatic rings. The normalized spacial score (nSPS) is 27.1. The van der Waals surface area contributed by atoms with Crippen LogP contribution in [-0.4, -0.2) is 55.6 Å². The smallest absolute Gasteiger partial charge is 0.319 e. The van der Waals surface area contributed by atoms with Gasteiger partial charge >= 0.3 is 6.03 Å². The first-order chi connectivity index (χ1) is 7.70. The van der Waals surface area contributed by atoms with Crippen molar-refractivity contribution in [3.63, 3.8) is 0 Å². The minimum atomic E-state index is 0.195. The Morgan fingerprint density at radius 1 is 1.25 bits per heavy atom. The SMILES string of the molecule is CN(C)C(=O)N1CCCC1C1CCNCC1. The largest absolute Gasteiger partial charge is 0.331 e. The molecule has 2 saturated heterocycles. The maximum atomic E-state index is 12.0. The molecular formula is C12H23N3O. The zero-order valence-corrected chi connectivity index (χ0v) is 10.4. The zero-order chi connectivity index (χ0) is 11.5. The van der Waals surface area contributed by atoms with Crippen LogP contribution in [0.2, 0.25) is 0 Å². The number of nitrogens with one attached hydrogen (secondary N) is 1. The second-order valence-corrected chi connectivity index (χ2v) is 5.17. The van der Waals surface area contributed by atoms with Gasteiger partial charge in [-0.15, -0.1) is 0 Å². The Kier molecular flexibility index (Phi) is 3.69. The van der Waals surface area contributed by atoms with Crippen molar-refractivity contribution in [3.8, 4) is 0 Å². The van der Waals surface area contributed by atoms with E-state index >= 15 is 0 Å². The molecule has 0 aliphatic carbocycles. The Balaban J connectivity index is 1.99. The fourth-order valence-electron chi connectivity index (χ4n) is 3.01. The number of piperidine rings is 1. The Morgan fingerprint density at radius 2 is 1.94 bits per heavy atom. The van der Waals surface area contributed by atoms with E-state index in [0.717, 1.165) is 19.6 Å². The van der Waals surface area contributed by atoms with Crippen LogP contribution in [-0.2, 0) is 0 Å². The highest BCUT2D eigenvalue weighted by molar-refractivity contribution is 5.74. The van der Waals surface area contributed by atoms with E-state index in [1.165, 1.54) is 25.7 Å². The summed E-state index contributed by atoms with van der Waals surface area (Å²) in [4.78, 5) is 15.8. The van der Waals surface area contributed by atoms with Crippen molar-refractivity contribution in [1.29, 1.82) is 0 Å². The van der Waals surface area contributed by atoms with Crippen LogP contribution < -0.4 is 5.32 Å². The third-order valence-corrected chi connectivity index (χ3v) is 3.86. The van der Waals surface area contributed by atoms with Crippen LogP contribution in [0.25, 0.3) is 0 Å². The molecule has 0 saturated carbocycles. The Hall–Kier alpha value is -0.770. The summed E-state index contributed by atoms with van der Waals surface area (Å²) in [6.45, 7) is 3.18. The number of carbonyl (C=O) groups is 1. The molecule has 4 heteroatoms. The third-order valence-electron chi connectivity index (χ3n) is 3.86. The molecule has 0 bridgehead atoms. The van der Waals surface area contributed by atoms with Gasteiger partial charge in [-0.2, -0.15) is 0 Å². The van der Waals surface area contributed by atoms with E-state index < -0.39 is 0 Å². The maximum absolute atomic E-state index is 12.0. The molecule has 1 unspecified atom stereocenters. The van der Waals surface area contributed by atoms with Gasteiger partial charge in [0.2, 0.25) is 0 Å². The zero-order valence-electron chi connectivity index (χ0n) is 10.4. The van der Waals surface area contributed by atoms with Crippen LogP contribution in [0.5, 0.6) is 0 Å². The number of hydrogen-bond donors (Lipinski definition) is 1. The number of amides is 2. The molecule has 92 valence electrons. The van der Waals surface area contributed by atoms with Crippen molar-refractivity contribution in [2.24, 2.45) is 5.92 Å². The molecule has 16 heavy (non-hydrogen) atoms. The van der Waals surface area contributed by atoms with Crippen LogP contribution in [0.1, 0.15) is 25.7 Å². The van der Waals surface area contributed by atoms with Crippen LogP contribution in [0, 0.1) is 5.92 Å². The standard InChI is InChI=1S/C12H23N3O/c1-14(2)12(16)15-9-3-4-11(15)10-5-7-13-8-6-10/h10-11,13H,3-9H2,1-2H3. The second-order valence-electron chi connectivity index (χ2n) is 5.17. The van der Waals surface area contributed by atoms with E-state index in [9.17, 15) is 4.79 Å². The number of rotatable bonds is 1. The Bertz CT molecular complexity index is 249. The van der Waals surface area contributed by atoms with Crippen molar-refractivity contribution in [2.45, 2.75) is 31.7 Å². The molecule has 0 aromatic heterocycles. The molecule has 2 amide bonds. The summed E-state index contributed by atoms with van der Waals surface area (Å²) in [6, 6.07) is 0.693. The molecular weight excluding hydrogens is 202 g/mol. The third kappa shape index (κ3) is 2.32. The highest BCUT2D eigenvalue weighted by atomic mass is 16.2. The Labute approximate surface area is 98.0 Å². The molecule has 2 heterocycles. The topological polar surface area (TPSA) is 35.6 Å². The fraction of sp³-hybridized carbons (Fsp3) is 0.917. The van der Waals surface area contributed by atoms with Gasteiger partial charge in [0.1, 0.15) is 0 Å². The highest BCUT2D eigenvalue weighted by Gasteiger charge is 2.35. The summed E-state index contributed by atoms with van der Waals surface area (Å²) >= 11 is 0. The average molecular weight is 225 g/mol. The molecule has 1 N–H and O–H groups in total. The lowest BCUT2D eigenvalue weighted by atomic mass is 9.89. The summed E-state index contributed by atoms with van der Waals surface area (Å²) in [6.07, 6.45) is 4.82. The van der Waals surface area contributed by atoms with Crippen molar-refractivity contribution >= 4 is 6.03 Å². The van der Waals surface area contributed by atoms with Gasteiger partial charge in [0, 0.05) is 26.7 Å². The summed E-state index contributed by atoms with van der Waals surface area (Å²) in [5, 5.41) is 3.39. The lowest BCUT2D eigenvalue weighted by Gasteiger charge is -2.35. The second kappa shape index (κ2) is 5.04. The lowest BCUT2D eigenvalue weighted by Crippen LogP contribution is -2.47. The van der Waals surface area contributed by atoms with Gasteiger partial charge in [0.15, 0.2) is 0 Å². The maximum Gasteiger partial charge on any atom is 0.319 e. The average Bonchev–Trinajstić information content (AvgIpc) is 2.77.